The lowest BCUT2D eigenvalue weighted by Crippen LogP contribution is -2.19. The first kappa shape index (κ1) is 12.1. The van der Waals surface area contributed by atoms with Gasteiger partial charge in [-0.25, -0.2) is 8.42 Å². The van der Waals surface area contributed by atoms with Crippen LogP contribution in [0.1, 0.15) is 19.3 Å². The second-order valence-electron chi connectivity index (χ2n) is 4.10. The van der Waals surface area contributed by atoms with E-state index in [4.69, 9.17) is 4.74 Å². The second-order valence-corrected chi connectivity index (χ2v) is 6.30. The first-order chi connectivity index (χ1) is 8.05. The van der Waals surface area contributed by atoms with Crippen molar-refractivity contribution in [1.82, 2.24) is 0 Å². The summed E-state index contributed by atoms with van der Waals surface area (Å²) >= 11 is 0. The maximum Gasteiger partial charge on any atom is 0.185 e. The van der Waals surface area contributed by atoms with Gasteiger partial charge in [-0.2, -0.15) is 0 Å². The van der Waals surface area contributed by atoms with E-state index in [1.807, 2.05) is 0 Å². The third kappa shape index (κ3) is 2.20. The van der Waals surface area contributed by atoms with Crippen LogP contribution >= 0.6 is 0 Å². The third-order valence-corrected chi connectivity index (χ3v) is 5.25. The normalized spacial score (nSPS) is 20.5. The molecule has 92 valence electrons. The minimum absolute atomic E-state index is 0.0217. The smallest absolute Gasteiger partial charge is 0.185 e. The second kappa shape index (κ2) is 4.49. The third-order valence-electron chi connectivity index (χ3n) is 3.01. The number of ketones is 1. The Bertz CT molecular complexity index is 533. The molecule has 0 aliphatic heterocycles. The van der Waals surface area contributed by atoms with Gasteiger partial charge in [-0.15, -0.1) is 0 Å². The summed E-state index contributed by atoms with van der Waals surface area (Å²) in [6.07, 6.45) is 0.901. The molecule has 4 nitrogen and oxygen atoms in total. The minimum atomic E-state index is -3.46. The van der Waals surface area contributed by atoms with E-state index in [1.54, 1.807) is 18.2 Å². The van der Waals surface area contributed by atoms with Crippen molar-refractivity contribution in [2.24, 2.45) is 0 Å². The van der Waals surface area contributed by atoms with E-state index in [1.165, 1.54) is 13.2 Å². The van der Waals surface area contributed by atoms with Crippen molar-refractivity contribution in [1.29, 1.82) is 0 Å². The fraction of sp³-hybridized carbons (Fsp3) is 0.417. The Morgan fingerprint density at radius 2 is 2.00 bits per heavy atom. The van der Waals surface area contributed by atoms with Gasteiger partial charge in [0.2, 0.25) is 0 Å². The highest BCUT2D eigenvalue weighted by Crippen LogP contribution is 2.32. The summed E-state index contributed by atoms with van der Waals surface area (Å²) in [7, 11) is -2.02. The average Bonchev–Trinajstić information content (AvgIpc) is 2.76. The first-order valence-corrected chi connectivity index (χ1v) is 6.99. The fourth-order valence-corrected chi connectivity index (χ4v) is 3.97. The lowest BCUT2D eigenvalue weighted by atomic mass is 10.3. The van der Waals surface area contributed by atoms with Crippen molar-refractivity contribution in [3.05, 3.63) is 24.3 Å². The lowest BCUT2D eigenvalue weighted by molar-refractivity contribution is -0.117. The molecule has 17 heavy (non-hydrogen) atoms. The van der Waals surface area contributed by atoms with Crippen molar-refractivity contribution in [3.8, 4) is 5.75 Å². The van der Waals surface area contributed by atoms with Crippen LogP contribution in [-0.2, 0) is 14.6 Å². The topological polar surface area (TPSA) is 60.4 Å². The number of methoxy groups -OCH3 is 1. The van der Waals surface area contributed by atoms with Crippen LogP contribution in [-0.4, -0.2) is 26.6 Å². The molecule has 1 unspecified atom stereocenters. The molecule has 0 aromatic heterocycles. The monoisotopic (exact) mass is 254 g/mol. The Kier molecular flexibility index (Phi) is 3.19. The quantitative estimate of drug-likeness (QED) is 0.821. The van der Waals surface area contributed by atoms with Crippen molar-refractivity contribution in [3.63, 3.8) is 0 Å². The van der Waals surface area contributed by atoms with Gasteiger partial charge in [0.25, 0.3) is 0 Å². The van der Waals surface area contributed by atoms with Crippen molar-refractivity contribution >= 4 is 15.6 Å². The summed E-state index contributed by atoms with van der Waals surface area (Å²) in [6.45, 7) is 0. The maximum atomic E-state index is 12.3. The Morgan fingerprint density at radius 3 is 2.59 bits per heavy atom. The Morgan fingerprint density at radius 1 is 1.29 bits per heavy atom. The zero-order chi connectivity index (χ0) is 12.5. The van der Waals surface area contributed by atoms with Gasteiger partial charge in [0, 0.05) is 12.8 Å². The largest absolute Gasteiger partial charge is 0.495 e. The van der Waals surface area contributed by atoms with Crippen LogP contribution in [0.25, 0.3) is 0 Å². The molecule has 1 aromatic rings. The van der Waals surface area contributed by atoms with Crippen LogP contribution in [0.2, 0.25) is 0 Å². The SMILES string of the molecule is COc1ccccc1S(=O)(=O)C1CCC(=O)C1. The summed E-state index contributed by atoms with van der Waals surface area (Å²) in [5.74, 6) is 0.361. The minimum Gasteiger partial charge on any atom is -0.495 e. The van der Waals surface area contributed by atoms with Gasteiger partial charge in [0.15, 0.2) is 9.84 Å². The molecule has 1 aromatic carbocycles. The maximum absolute atomic E-state index is 12.3. The fourth-order valence-electron chi connectivity index (χ4n) is 2.08. The van der Waals surface area contributed by atoms with E-state index < -0.39 is 15.1 Å². The average molecular weight is 254 g/mol. The number of benzene rings is 1. The first-order valence-electron chi connectivity index (χ1n) is 5.44. The molecule has 1 atom stereocenters. The van der Waals surface area contributed by atoms with Crippen LogP contribution in [0.15, 0.2) is 29.2 Å². The van der Waals surface area contributed by atoms with Gasteiger partial charge in [0.1, 0.15) is 16.4 Å². The van der Waals surface area contributed by atoms with E-state index in [2.05, 4.69) is 0 Å². The highest BCUT2D eigenvalue weighted by molar-refractivity contribution is 7.92. The standard InChI is InChI=1S/C12H14O4S/c1-16-11-4-2-3-5-12(11)17(14,15)10-7-6-9(13)8-10/h2-5,10H,6-8H2,1H3. The summed E-state index contributed by atoms with van der Waals surface area (Å²) in [4.78, 5) is 11.4. The molecular weight excluding hydrogens is 240 g/mol. The van der Waals surface area contributed by atoms with Crippen LogP contribution < -0.4 is 4.74 Å². The van der Waals surface area contributed by atoms with Gasteiger partial charge in [-0.05, 0) is 18.6 Å². The molecule has 0 N–H and O–H groups in total. The Balaban J connectivity index is 2.41. The summed E-state index contributed by atoms with van der Waals surface area (Å²) in [5, 5.41) is -0.591. The number of para-hydroxylation sites is 1. The Labute approximate surface area is 101 Å². The number of carbonyl (C=O) groups excluding carboxylic acids is 1. The molecule has 0 saturated heterocycles. The molecule has 0 heterocycles. The number of sulfone groups is 1. The number of ether oxygens (including phenoxy) is 1. The number of hydrogen-bond donors (Lipinski definition) is 0. The summed E-state index contributed by atoms with van der Waals surface area (Å²) in [6, 6.07) is 6.52. The van der Waals surface area contributed by atoms with E-state index in [0.29, 0.717) is 18.6 Å². The molecule has 0 radical (unpaired) electrons. The Hall–Kier alpha value is -1.36. The van der Waals surface area contributed by atoms with Crippen LogP contribution in [0.4, 0.5) is 0 Å². The number of rotatable bonds is 3. The predicted octanol–water partition coefficient (Wildman–Crippen LogP) is 1.59. The molecule has 1 fully saturated rings. The predicted molar refractivity (Wildman–Crippen MR) is 62.8 cm³/mol. The molecule has 0 spiro atoms. The summed E-state index contributed by atoms with van der Waals surface area (Å²) in [5.41, 5.74) is 0. The van der Waals surface area contributed by atoms with E-state index in [0.717, 1.165) is 0 Å². The lowest BCUT2D eigenvalue weighted by Gasteiger charge is -2.13. The van der Waals surface area contributed by atoms with Gasteiger partial charge >= 0.3 is 0 Å². The van der Waals surface area contributed by atoms with Gasteiger partial charge in [-0.3, -0.25) is 4.79 Å². The van der Waals surface area contributed by atoms with Crippen LogP contribution in [0.5, 0.6) is 5.75 Å². The molecule has 2 rings (SSSR count). The molecule has 5 heteroatoms. The molecule has 0 amide bonds. The van der Waals surface area contributed by atoms with Crippen LogP contribution in [0, 0.1) is 0 Å². The number of carbonyl (C=O) groups is 1. The summed E-state index contributed by atoms with van der Waals surface area (Å²) < 4.78 is 29.7. The molecule has 1 saturated carbocycles. The molecular formula is C12H14O4S. The molecule has 0 bridgehead atoms. The van der Waals surface area contributed by atoms with Crippen LogP contribution in [0.3, 0.4) is 0 Å². The van der Waals surface area contributed by atoms with Crippen molar-refractivity contribution in [2.75, 3.05) is 7.11 Å². The molecule has 1 aliphatic carbocycles. The van der Waals surface area contributed by atoms with E-state index in [9.17, 15) is 13.2 Å². The zero-order valence-corrected chi connectivity index (χ0v) is 10.4. The van der Waals surface area contributed by atoms with Crippen molar-refractivity contribution < 1.29 is 17.9 Å². The van der Waals surface area contributed by atoms with E-state index in [-0.39, 0.29) is 17.1 Å². The molecule has 1 aliphatic rings. The van der Waals surface area contributed by atoms with Gasteiger partial charge < -0.3 is 4.74 Å². The van der Waals surface area contributed by atoms with Crippen molar-refractivity contribution in [2.45, 2.75) is 29.4 Å². The highest BCUT2D eigenvalue weighted by atomic mass is 32.2. The number of Topliss-reactive ketones (excluding diaryl/α,β-unsaturated/α-hetero) is 1. The highest BCUT2D eigenvalue weighted by Gasteiger charge is 2.35. The zero-order valence-electron chi connectivity index (χ0n) is 9.55. The van der Waals surface area contributed by atoms with E-state index >= 15 is 0 Å². The van der Waals surface area contributed by atoms with Gasteiger partial charge in [-0.1, -0.05) is 12.1 Å². The number of hydrogen-bond acceptors (Lipinski definition) is 4. The van der Waals surface area contributed by atoms with Gasteiger partial charge in [0.05, 0.1) is 12.4 Å².